The molecular weight excluding hydrogens is 677 g/mol. The van der Waals surface area contributed by atoms with E-state index in [0.717, 1.165) is 25.7 Å². The maximum Gasteiger partial charge on any atom is 0.573 e. The summed E-state index contributed by atoms with van der Waals surface area (Å²) >= 11 is 0. The van der Waals surface area contributed by atoms with E-state index in [2.05, 4.69) is 15.2 Å². The molecule has 262 valence electrons. The van der Waals surface area contributed by atoms with Crippen molar-refractivity contribution < 1.29 is 45.2 Å². The van der Waals surface area contributed by atoms with Crippen molar-refractivity contribution in [1.29, 1.82) is 0 Å². The minimum atomic E-state index is -4.87. The molecule has 7 rings (SSSR count). The van der Waals surface area contributed by atoms with Gasteiger partial charge in [0.05, 0.1) is 17.6 Å². The molecule has 1 aliphatic carbocycles. The SMILES string of the molecule is O=C(NS(=O)(=O)c1ccccc1)c1ccc(NC(=O)N2C3CCC2CC(OCc2c(-c4ccccc4OC(F)(F)F)noc2C2CC2)C3)cc1. The van der Waals surface area contributed by atoms with Gasteiger partial charge in [0, 0.05) is 40.4 Å². The fourth-order valence-corrected chi connectivity index (χ4v) is 7.74. The third-order valence-electron chi connectivity index (χ3n) is 9.20. The lowest BCUT2D eigenvalue weighted by Gasteiger charge is -2.38. The number of halogens is 3. The average Bonchev–Trinajstić information content (AvgIpc) is 3.78. The van der Waals surface area contributed by atoms with Crippen LogP contribution in [0.3, 0.4) is 0 Å². The summed E-state index contributed by atoms with van der Waals surface area (Å²) in [6.07, 6.45) is -0.542. The number of anilines is 1. The van der Waals surface area contributed by atoms with Gasteiger partial charge in [-0.25, -0.2) is 17.9 Å². The molecular formula is C35H33F3N4O7S. The summed E-state index contributed by atoms with van der Waals surface area (Å²) in [5.41, 5.74) is 1.58. The van der Waals surface area contributed by atoms with Gasteiger partial charge in [0.25, 0.3) is 15.9 Å². The van der Waals surface area contributed by atoms with Crippen LogP contribution < -0.4 is 14.8 Å². The van der Waals surface area contributed by atoms with Crippen molar-refractivity contribution in [3.05, 3.63) is 95.7 Å². The molecule has 1 aromatic heterocycles. The molecule has 3 aromatic carbocycles. The number of amides is 3. The Bertz CT molecular complexity index is 1970. The lowest BCUT2D eigenvalue weighted by Crippen LogP contribution is -2.50. The lowest BCUT2D eigenvalue weighted by molar-refractivity contribution is -0.274. The van der Waals surface area contributed by atoms with E-state index < -0.39 is 22.3 Å². The monoisotopic (exact) mass is 710 g/mol. The number of carbonyl (C=O) groups excluding carboxylic acids is 2. The summed E-state index contributed by atoms with van der Waals surface area (Å²) in [6, 6.07) is 18.8. The molecule has 3 heterocycles. The predicted molar refractivity (Wildman–Crippen MR) is 174 cm³/mol. The Balaban J connectivity index is 0.975. The first-order chi connectivity index (χ1) is 23.9. The second-order valence-corrected chi connectivity index (χ2v) is 14.3. The van der Waals surface area contributed by atoms with Crippen LogP contribution in [0.4, 0.5) is 23.7 Å². The van der Waals surface area contributed by atoms with Crippen LogP contribution in [0.5, 0.6) is 5.75 Å². The van der Waals surface area contributed by atoms with Gasteiger partial charge in [0.15, 0.2) is 0 Å². The van der Waals surface area contributed by atoms with Crippen LogP contribution in [-0.4, -0.2) is 55.0 Å². The van der Waals surface area contributed by atoms with E-state index in [0.29, 0.717) is 29.9 Å². The number of hydrogen-bond donors (Lipinski definition) is 2. The van der Waals surface area contributed by atoms with Crippen molar-refractivity contribution in [1.82, 2.24) is 14.8 Å². The summed E-state index contributed by atoms with van der Waals surface area (Å²) < 4.78 is 82.8. The van der Waals surface area contributed by atoms with Crippen molar-refractivity contribution in [2.45, 2.75) is 80.5 Å². The number of ether oxygens (including phenoxy) is 2. The maximum atomic E-state index is 13.4. The molecule has 11 nitrogen and oxygen atoms in total. The van der Waals surface area contributed by atoms with Gasteiger partial charge in [-0.2, -0.15) is 0 Å². The third-order valence-corrected chi connectivity index (χ3v) is 10.5. The topological polar surface area (TPSA) is 140 Å². The molecule has 2 bridgehead atoms. The van der Waals surface area contributed by atoms with E-state index in [1.54, 1.807) is 24.3 Å². The number of urea groups is 1. The van der Waals surface area contributed by atoms with Crippen molar-refractivity contribution in [2.75, 3.05) is 5.32 Å². The van der Waals surface area contributed by atoms with Gasteiger partial charge in [-0.3, -0.25) is 4.79 Å². The number of carbonyl (C=O) groups is 2. The van der Waals surface area contributed by atoms with Crippen LogP contribution >= 0.6 is 0 Å². The molecule has 15 heteroatoms. The second-order valence-electron chi connectivity index (χ2n) is 12.6. The number of nitrogens with one attached hydrogen (secondary N) is 2. The van der Waals surface area contributed by atoms with Crippen molar-refractivity contribution in [2.24, 2.45) is 0 Å². The van der Waals surface area contributed by atoms with E-state index in [4.69, 9.17) is 9.26 Å². The average molecular weight is 711 g/mol. The highest BCUT2D eigenvalue weighted by molar-refractivity contribution is 7.90. The summed E-state index contributed by atoms with van der Waals surface area (Å²) in [7, 11) is -4.04. The molecule has 2 N–H and O–H groups in total. The van der Waals surface area contributed by atoms with Gasteiger partial charge in [0.2, 0.25) is 0 Å². The van der Waals surface area contributed by atoms with Crippen LogP contribution in [0.2, 0.25) is 0 Å². The molecule has 1 saturated carbocycles. The highest BCUT2D eigenvalue weighted by Gasteiger charge is 2.44. The fourth-order valence-electron chi connectivity index (χ4n) is 6.74. The first-order valence-corrected chi connectivity index (χ1v) is 17.7. The molecule has 2 unspecified atom stereocenters. The van der Waals surface area contributed by atoms with Gasteiger partial charge in [-0.1, -0.05) is 35.5 Å². The number of nitrogens with zero attached hydrogens (tertiary/aromatic N) is 2. The zero-order chi connectivity index (χ0) is 35.0. The molecule has 50 heavy (non-hydrogen) atoms. The molecule has 4 aromatic rings. The van der Waals surface area contributed by atoms with Crippen LogP contribution in [0.25, 0.3) is 11.3 Å². The number of para-hydroxylation sites is 1. The number of sulfonamides is 1. The highest BCUT2D eigenvalue weighted by Crippen LogP contribution is 2.46. The van der Waals surface area contributed by atoms with E-state index in [1.807, 2.05) is 9.62 Å². The smallest absolute Gasteiger partial charge is 0.405 e. The molecule has 0 spiro atoms. The van der Waals surface area contributed by atoms with E-state index in [-0.39, 0.29) is 64.2 Å². The third kappa shape index (κ3) is 7.33. The van der Waals surface area contributed by atoms with Crippen molar-refractivity contribution in [3.63, 3.8) is 0 Å². The van der Waals surface area contributed by atoms with Crippen LogP contribution in [-0.2, 0) is 21.4 Å². The van der Waals surface area contributed by atoms with E-state index in [1.165, 1.54) is 54.6 Å². The van der Waals surface area contributed by atoms with E-state index >= 15 is 0 Å². The Morgan fingerprint density at radius 3 is 2.22 bits per heavy atom. The molecule has 2 saturated heterocycles. The Morgan fingerprint density at radius 1 is 0.900 bits per heavy atom. The first kappa shape index (κ1) is 33.6. The van der Waals surface area contributed by atoms with Gasteiger partial charge >= 0.3 is 12.4 Å². The highest BCUT2D eigenvalue weighted by atomic mass is 32.2. The number of rotatable bonds is 10. The minimum Gasteiger partial charge on any atom is -0.405 e. The Kier molecular flexibility index (Phi) is 9.03. The quantitative estimate of drug-likeness (QED) is 0.180. The summed E-state index contributed by atoms with van der Waals surface area (Å²) in [4.78, 5) is 27.8. The predicted octanol–water partition coefficient (Wildman–Crippen LogP) is 6.98. The van der Waals surface area contributed by atoms with Crippen LogP contribution in [0.1, 0.15) is 66.1 Å². The largest absolute Gasteiger partial charge is 0.573 e. The molecule has 3 fully saturated rings. The second kappa shape index (κ2) is 13.4. The first-order valence-electron chi connectivity index (χ1n) is 16.2. The van der Waals surface area contributed by atoms with Crippen molar-refractivity contribution in [3.8, 4) is 17.0 Å². The Hall–Kier alpha value is -4.89. The lowest BCUT2D eigenvalue weighted by atomic mass is 9.99. The van der Waals surface area contributed by atoms with Gasteiger partial charge < -0.3 is 24.2 Å². The number of aromatic nitrogens is 1. The molecule has 3 amide bonds. The number of alkyl halides is 3. The van der Waals surface area contributed by atoms with Crippen LogP contribution in [0.15, 0.2) is 88.3 Å². The molecule has 0 radical (unpaired) electrons. The van der Waals surface area contributed by atoms with E-state index in [9.17, 15) is 31.2 Å². The van der Waals surface area contributed by atoms with Crippen molar-refractivity contribution >= 4 is 27.6 Å². The summed E-state index contributed by atoms with van der Waals surface area (Å²) in [5, 5.41) is 7.03. The molecule has 2 atom stereocenters. The number of hydrogen-bond acceptors (Lipinski definition) is 8. The molecule has 3 aliphatic rings. The zero-order valence-corrected chi connectivity index (χ0v) is 27.4. The van der Waals surface area contributed by atoms with Crippen LogP contribution in [0, 0.1) is 0 Å². The fraction of sp³-hybridized carbons (Fsp3) is 0.343. The van der Waals surface area contributed by atoms with Gasteiger partial charge in [0.1, 0.15) is 17.2 Å². The molecule has 2 aliphatic heterocycles. The summed E-state index contributed by atoms with van der Waals surface area (Å²) in [5.74, 6) is -0.419. The Labute approximate surface area is 285 Å². The summed E-state index contributed by atoms with van der Waals surface area (Å²) in [6.45, 7) is 0.0912. The van der Waals surface area contributed by atoms with Gasteiger partial charge in [-0.05, 0) is 87.1 Å². The van der Waals surface area contributed by atoms with Gasteiger partial charge in [-0.15, -0.1) is 13.2 Å². The normalized spacial score (nSPS) is 20.4. The maximum absolute atomic E-state index is 13.4. The standard InChI is InChI=1S/C35H33F3N4O7S/c36-35(37,38)48-30-9-5-4-8-28(30)31-29(32(49-40-31)21-10-11-21)20-47-26-18-24-16-17-25(19-26)42(24)34(44)39-23-14-12-22(13-15-23)33(43)41-50(45,46)27-6-2-1-3-7-27/h1-9,12-15,21,24-26H,10-11,16-20H2,(H,39,44)(H,41,43). The minimum absolute atomic E-state index is 0.0342. The number of fused-ring (bicyclic) bond motifs is 2. The Morgan fingerprint density at radius 2 is 1.56 bits per heavy atom. The number of benzene rings is 3. The number of piperidine rings is 1. The zero-order valence-electron chi connectivity index (χ0n) is 26.6.